The van der Waals surface area contributed by atoms with Crippen LogP contribution in [0.5, 0.6) is 0 Å². The van der Waals surface area contributed by atoms with Gasteiger partial charge >= 0.3 is 0 Å². The van der Waals surface area contributed by atoms with Gasteiger partial charge in [0, 0.05) is 0 Å². The van der Waals surface area contributed by atoms with Crippen molar-refractivity contribution >= 4 is 0 Å². The van der Waals surface area contributed by atoms with Crippen LogP contribution < -0.4 is 0 Å². The Labute approximate surface area is 103 Å². The molecule has 0 aliphatic carbocycles. The summed E-state index contributed by atoms with van der Waals surface area (Å²) in [7, 11) is 0. The third-order valence-electron chi connectivity index (χ3n) is 1.26. The van der Waals surface area contributed by atoms with E-state index in [1.165, 1.54) is 18.8 Å². The first kappa shape index (κ1) is 18.1. The van der Waals surface area contributed by atoms with E-state index < -0.39 is 0 Å². The molecule has 0 aliphatic heterocycles. The average Bonchev–Trinajstić information content (AvgIpc) is 2.34. The molecule has 100 valence electrons. The van der Waals surface area contributed by atoms with E-state index >= 15 is 0 Å². The summed E-state index contributed by atoms with van der Waals surface area (Å²) in [5, 5.41) is 8.34. The zero-order valence-electron chi connectivity index (χ0n) is 10.2. The van der Waals surface area contributed by atoms with Crippen molar-refractivity contribution in [2.75, 3.05) is 39.6 Å². The molecule has 0 bridgehead atoms. The van der Waals surface area contributed by atoms with Crippen LogP contribution >= 0.6 is 0 Å². The van der Waals surface area contributed by atoms with Crippen LogP contribution in [0.15, 0.2) is 38.5 Å². The molecule has 0 heterocycles. The molecule has 0 radical (unpaired) electrons. The second-order valence-corrected chi connectivity index (χ2v) is 2.46. The molecule has 0 saturated heterocycles. The van der Waals surface area contributed by atoms with Crippen LogP contribution in [0.3, 0.4) is 0 Å². The van der Waals surface area contributed by atoms with Gasteiger partial charge in [0.1, 0.15) is 6.61 Å². The molecule has 17 heavy (non-hydrogen) atoms. The molecule has 5 heteroatoms. The number of hydrogen-bond acceptors (Lipinski definition) is 5. The minimum Gasteiger partial charge on any atom is -0.499 e. The average molecular weight is 246 g/mol. The molecule has 0 fully saturated rings. The minimum atomic E-state index is 0.0551. The van der Waals surface area contributed by atoms with Gasteiger partial charge < -0.3 is 24.1 Å². The lowest BCUT2D eigenvalue weighted by atomic mass is 10.7. The summed E-state index contributed by atoms with van der Waals surface area (Å²) < 4.78 is 19.2. The molecule has 5 nitrogen and oxygen atoms in total. The Bertz CT molecular complexity index is 164. The van der Waals surface area contributed by atoms with Crippen molar-refractivity contribution in [2.45, 2.75) is 0 Å². The van der Waals surface area contributed by atoms with Gasteiger partial charge in [0.25, 0.3) is 0 Å². The summed E-state index contributed by atoms with van der Waals surface area (Å²) in [4.78, 5) is 0. The van der Waals surface area contributed by atoms with E-state index in [9.17, 15) is 0 Å². The second kappa shape index (κ2) is 20.2. The molecule has 1 N–H and O–H groups in total. The number of aliphatic hydroxyl groups is 1. The van der Waals surface area contributed by atoms with Crippen molar-refractivity contribution < 1.29 is 24.1 Å². The highest BCUT2D eigenvalue weighted by molar-refractivity contribution is 4.57. The fraction of sp³-hybridized carbons (Fsp3) is 0.500. The van der Waals surface area contributed by atoms with Crippen molar-refractivity contribution in [3.63, 3.8) is 0 Å². The highest BCUT2D eigenvalue weighted by Crippen LogP contribution is 1.80. The van der Waals surface area contributed by atoms with Gasteiger partial charge in [-0.2, -0.15) is 0 Å². The Morgan fingerprint density at radius 2 is 1.29 bits per heavy atom. The fourth-order valence-electron chi connectivity index (χ4n) is 0.645. The van der Waals surface area contributed by atoms with Gasteiger partial charge in [-0.25, -0.2) is 0 Å². The third-order valence-corrected chi connectivity index (χ3v) is 1.26. The zero-order valence-corrected chi connectivity index (χ0v) is 10.2. The minimum absolute atomic E-state index is 0.0551. The second-order valence-electron chi connectivity index (χ2n) is 2.46. The molecule has 0 aromatic carbocycles. The maximum Gasteiger partial charge on any atom is 0.111 e. The molecule has 0 aliphatic rings. The number of ether oxygens (including phenoxy) is 4. The first-order chi connectivity index (χ1) is 8.33. The van der Waals surface area contributed by atoms with Crippen LogP contribution in [-0.2, 0) is 18.9 Å². The SMILES string of the molecule is C=COC=C.C=COCCOCCOCCO. The lowest BCUT2D eigenvalue weighted by Gasteiger charge is -2.03. The van der Waals surface area contributed by atoms with Gasteiger partial charge in [-0.15, -0.1) is 0 Å². The molecule has 0 amide bonds. The molecule has 0 aromatic heterocycles. The summed E-state index contributed by atoms with van der Waals surface area (Å²) in [5.74, 6) is 0. The number of rotatable bonds is 11. The highest BCUT2D eigenvalue weighted by Gasteiger charge is 1.88. The third kappa shape index (κ3) is 25.2. The fourth-order valence-corrected chi connectivity index (χ4v) is 0.645. The molecule has 0 atom stereocenters. The van der Waals surface area contributed by atoms with Crippen LogP contribution in [-0.4, -0.2) is 44.7 Å². The van der Waals surface area contributed by atoms with Crippen LogP contribution in [0.1, 0.15) is 0 Å². The largest absolute Gasteiger partial charge is 0.499 e. The quantitative estimate of drug-likeness (QED) is 0.442. The van der Waals surface area contributed by atoms with E-state index in [-0.39, 0.29) is 6.61 Å². The predicted octanol–water partition coefficient (Wildman–Crippen LogP) is 1.46. The predicted molar refractivity (Wildman–Crippen MR) is 66.4 cm³/mol. The lowest BCUT2D eigenvalue weighted by Crippen LogP contribution is -2.09. The normalized spacial score (nSPS) is 8.53. The Morgan fingerprint density at radius 1 is 0.765 bits per heavy atom. The monoisotopic (exact) mass is 246 g/mol. The topological polar surface area (TPSA) is 57.2 Å². The highest BCUT2D eigenvalue weighted by atomic mass is 16.5. The molecule has 0 saturated carbocycles. The Kier molecular flexibility index (Phi) is 21.4. The summed E-state index contributed by atoms with van der Waals surface area (Å²) in [6, 6.07) is 0. The van der Waals surface area contributed by atoms with E-state index in [0.717, 1.165) is 0 Å². The summed E-state index contributed by atoms with van der Waals surface area (Å²) in [6.45, 7) is 12.4. The van der Waals surface area contributed by atoms with Gasteiger partial charge in [0.2, 0.25) is 0 Å². The van der Waals surface area contributed by atoms with Gasteiger partial charge in [0.15, 0.2) is 0 Å². The van der Waals surface area contributed by atoms with Crippen molar-refractivity contribution in [1.82, 2.24) is 0 Å². The van der Waals surface area contributed by atoms with Crippen molar-refractivity contribution in [3.8, 4) is 0 Å². The number of hydrogen-bond donors (Lipinski definition) is 1. The summed E-state index contributed by atoms with van der Waals surface area (Å²) >= 11 is 0. The molecular weight excluding hydrogens is 224 g/mol. The standard InChI is InChI=1S/C8H16O4.C4H6O/c1-2-10-5-6-12-8-7-11-4-3-9;1-3-5-4-2/h2,9H,1,3-8H2;3-4H,1-2H2. The lowest BCUT2D eigenvalue weighted by molar-refractivity contribution is 0.0204. The number of aliphatic hydroxyl groups excluding tert-OH is 1. The maximum absolute atomic E-state index is 8.34. The summed E-state index contributed by atoms with van der Waals surface area (Å²) in [5.41, 5.74) is 0. The zero-order chi connectivity index (χ0) is 13.2. The molecule has 0 rings (SSSR count). The molecule has 0 spiro atoms. The Balaban J connectivity index is 0. The summed E-state index contributed by atoms with van der Waals surface area (Å²) in [6.07, 6.45) is 4.01. The van der Waals surface area contributed by atoms with Gasteiger partial charge in [-0.3, -0.25) is 0 Å². The van der Waals surface area contributed by atoms with Crippen LogP contribution in [0.2, 0.25) is 0 Å². The molecule has 0 unspecified atom stereocenters. The van der Waals surface area contributed by atoms with Crippen molar-refractivity contribution in [3.05, 3.63) is 38.5 Å². The Hall–Kier alpha value is -1.30. The first-order valence-electron chi connectivity index (χ1n) is 5.19. The van der Waals surface area contributed by atoms with Gasteiger partial charge in [-0.05, 0) is 0 Å². The Morgan fingerprint density at radius 3 is 1.71 bits per heavy atom. The van der Waals surface area contributed by atoms with E-state index in [4.69, 9.17) is 19.3 Å². The van der Waals surface area contributed by atoms with Gasteiger partial charge in [-0.1, -0.05) is 19.7 Å². The molecular formula is C12H22O5. The molecule has 0 aromatic rings. The van der Waals surface area contributed by atoms with E-state index in [1.807, 2.05) is 0 Å². The van der Waals surface area contributed by atoms with Crippen LogP contribution in [0.4, 0.5) is 0 Å². The van der Waals surface area contributed by atoms with Gasteiger partial charge in [0.05, 0.1) is 51.8 Å². The maximum atomic E-state index is 8.34. The first-order valence-corrected chi connectivity index (χ1v) is 5.19. The van der Waals surface area contributed by atoms with E-state index in [1.54, 1.807) is 0 Å². The van der Waals surface area contributed by atoms with Crippen molar-refractivity contribution in [2.24, 2.45) is 0 Å². The van der Waals surface area contributed by atoms with Crippen LogP contribution in [0, 0.1) is 0 Å². The van der Waals surface area contributed by atoms with E-state index in [2.05, 4.69) is 24.5 Å². The smallest absolute Gasteiger partial charge is 0.111 e. The van der Waals surface area contributed by atoms with Crippen molar-refractivity contribution in [1.29, 1.82) is 0 Å². The van der Waals surface area contributed by atoms with Crippen LogP contribution in [0.25, 0.3) is 0 Å². The van der Waals surface area contributed by atoms with E-state index in [0.29, 0.717) is 33.0 Å².